The maximum atomic E-state index is 11.4. The van der Waals surface area contributed by atoms with Crippen LogP contribution < -0.4 is 5.73 Å². The molecule has 3 rings (SSSR count). The molecule has 2 aromatic rings. The van der Waals surface area contributed by atoms with Gasteiger partial charge in [0.25, 0.3) is 5.91 Å². The summed E-state index contributed by atoms with van der Waals surface area (Å²) in [6.45, 7) is 2.37. The van der Waals surface area contributed by atoms with Crippen molar-refractivity contribution in [2.75, 3.05) is 0 Å². The van der Waals surface area contributed by atoms with E-state index in [4.69, 9.17) is 5.73 Å². The zero-order chi connectivity index (χ0) is 15.1. The number of hydrogen-bond acceptors (Lipinski definition) is 5. The summed E-state index contributed by atoms with van der Waals surface area (Å²) >= 11 is 0. The molecule has 1 amide bonds. The molecule has 0 atom stereocenters. The van der Waals surface area contributed by atoms with Gasteiger partial charge in [0.05, 0.1) is 5.56 Å². The van der Waals surface area contributed by atoms with Crippen LogP contribution in [0.5, 0.6) is 11.5 Å². The third kappa shape index (κ3) is 2.01. The molecular formula is C14H16N4O3. The first-order valence-electron chi connectivity index (χ1n) is 6.78. The molecule has 110 valence electrons. The second-order valence-electron chi connectivity index (χ2n) is 5.21. The highest BCUT2D eigenvalue weighted by Gasteiger charge is 2.25. The number of carbonyl (C=O) groups excluding carboxylic acids is 1. The number of aromatic hydroxyl groups is 2. The minimum atomic E-state index is -0.647. The molecule has 7 heteroatoms. The smallest absolute Gasteiger partial charge is 0.286 e. The van der Waals surface area contributed by atoms with E-state index in [2.05, 4.69) is 10.2 Å². The number of phenols is 2. The lowest BCUT2D eigenvalue weighted by atomic mass is 9.93. The third-order valence-electron chi connectivity index (χ3n) is 3.92. The van der Waals surface area contributed by atoms with Crippen LogP contribution in [0.3, 0.4) is 0 Å². The van der Waals surface area contributed by atoms with E-state index in [0.717, 1.165) is 24.8 Å². The van der Waals surface area contributed by atoms with Crippen LogP contribution in [0.2, 0.25) is 0 Å². The Labute approximate surface area is 121 Å². The fourth-order valence-electron chi connectivity index (χ4n) is 2.82. The van der Waals surface area contributed by atoms with E-state index in [-0.39, 0.29) is 17.3 Å². The second-order valence-corrected chi connectivity index (χ2v) is 5.21. The highest BCUT2D eigenvalue weighted by molar-refractivity contribution is 5.90. The van der Waals surface area contributed by atoms with Crippen molar-refractivity contribution < 1.29 is 15.0 Å². The minimum absolute atomic E-state index is 0.0491. The van der Waals surface area contributed by atoms with E-state index in [0.29, 0.717) is 23.5 Å². The van der Waals surface area contributed by atoms with Gasteiger partial charge >= 0.3 is 0 Å². The summed E-state index contributed by atoms with van der Waals surface area (Å²) in [5.74, 6) is -0.166. The van der Waals surface area contributed by atoms with Crippen molar-refractivity contribution in [1.82, 2.24) is 14.8 Å². The van der Waals surface area contributed by atoms with Gasteiger partial charge in [0, 0.05) is 12.6 Å². The number of benzene rings is 1. The van der Waals surface area contributed by atoms with Crippen molar-refractivity contribution >= 4 is 5.91 Å². The molecule has 1 aromatic heterocycles. The number of phenolic OH excluding ortho intramolecular Hbond substituents is 2. The van der Waals surface area contributed by atoms with Crippen LogP contribution in [0.25, 0.3) is 11.4 Å². The van der Waals surface area contributed by atoms with Gasteiger partial charge in [0.2, 0.25) is 5.82 Å². The molecule has 0 saturated heterocycles. The highest BCUT2D eigenvalue weighted by atomic mass is 16.3. The topological polar surface area (TPSA) is 114 Å². The Morgan fingerprint density at radius 1 is 1.29 bits per heavy atom. The first-order chi connectivity index (χ1) is 10.0. The summed E-state index contributed by atoms with van der Waals surface area (Å²) < 4.78 is 1.64. The van der Waals surface area contributed by atoms with Gasteiger partial charge in [0.15, 0.2) is 5.82 Å². The van der Waals surface area contributed by atoms with Crippen LogP contribution in [0.1, 0.15) is 34.6 Å². The van der Waals surface area contributed by atoms with Gasteiger partial charge < -0.3 is 20.5 Å². The van der Waals surface area contributed by atoms with Crippen molar-refractivity contribution in [3.8, 4) is 22.9 Å². The molecule has 7 nitrogen and oxygen atoms in total. The summed E-state index contributed by atoms with van der Waals surface area (Å²) in [4.78, 5) is 11.4. The largest absolute Gasteiger partial charge is 0.508 e. The van der Waals surface area contributed by atoms with Gasteiger partial charge in [0.1, 0.15) is 11.5 Å². The summed E-state index contributed by atoms with van der Waals surface area (Å²) in [5, 5.41) is 28.0. The van der Waals surface area contributed by atoms with Crippen molar-refractivity contribution in [2.45, 2.75) is 32.7 Å². The van der Waals surface area contributed by atoms with Crippen LogP contribution in [0.15, 0.2) is 6.07 Å². The molecule has 0 bridgehead atoms. The van der Waals surface area contributed by atoms with Gasteiger partial charge in [-0.1, -0.05) is 0 Å². The Hall–Kier alpha value is -2.57. The highest BCUT2D eigenvalue weighted by Crippen LogP contribution is 2.40. The monoisotopic (exact) mass is 288 g/mol. The first-order valence-corrected chi connectivity index (χ1v) is 6.78. The molecule has 0 spiro atoms. The lowest BCUT2D eigenvalue weighted by molar-refractivity contribution is 0.0985. The quantitative estimate of drug-likeness (QED) is 0.727. The van der Waals surface area contributed by atoms with E-state index in [1.54, 1.807) is 11.5 Å². The average Bonchev–Trinajstić information content (AvgIpc) is 2.79. The average molecular weight is 288 g/mol. The molecule has 4 N–H and O–H groups in total. The number of amides is 1. The molecule has 1 aliphatic rings. The second kappa shape index (κ2) is 4.76. The molecule has 2 heterocycles. The number of nitrogens with two attached hydrogens (primary N) is 1. The molecular weight excluding hydrogens is 272 g/mol. The first kappa shape index (κ1) is 13.4. The predicted molar refractivity (Wildman–Crippen MR) is 75.0 cm³/mol. The van der Waals surface area contributed by atoms with Gasteiger partial charge in [-0.25, -0.2) is 0 Å². The molecule has 1 aromatic carbocycles. The van der Waals surface area contributed by atoms with Gasteiger partial charge in [-0.2, -0.15) is 0 Å². The number of fused-ring (bicyclic) bond motifs is 3. The molecule has 0 unspecified atom stereocenters. The lowest BCUT2D eigenvalue weighted by Crippen LogP contribution is -2.19. The number of aromatic nitrogens is 3. The zero-order valence-corrected chi connectivity index (χ0v) is 11.6. The molecule has 0 fully saturated rings. The Morgan fingerprint density at radius 3 is 2.76 bits per heavy atom. The van der Waals surface area contributed by atoms with E-state index in [9.17, 15) is 15.0 Å². The number of nitrogens with zero attached hydrogens (tertiary/aromatic N) is 3. The summed E-state index contributed by atoms with van der Waals surface area (Å²) in [5.41, 5.74) is 7.38. The van der Waals surface area contributed by atoms with Crippen molar-refractivity contribution in [3.05, 3.63) is 23.0 Å². The molecule has 0 radical (unpaired) electrons. The molecule has 0 saturated carbocycles. The maximum absolute atomic E-state index is 11.4. The zero-order valence-electron chi connectivity index (χ0n) is 11.6. The summed E-state index contributed by atoms with van der Waals surface area (Å²) in [6.07, 6.45) is 2.43. The normalized spacial score (nSPS) is 14.0. The van der Waals surface area contributed by atoms with E-state index >= 15 is 0 Å². The third-order valence-corrected chi connectivity index (χ3v) is 3.92. The Bertz CT molecular complexity index is 736. The SMILES string of the molecule is Cc1c(O)cc(O)c2c1CCCCn1c(C(N)=O)nnc1-2. The van der Waals surface area contributed by atoms with E-state index in [1.165, 1.54) is 6.07 Å². The van der Waals surface area contributed by atoms with Crippen LogP contribution in [0.4, 0.5) is 0 Å². The predicted octanol–water partition coefficient (Wildman–Crippen LogP) is 1.10. The van der Waals surface area contributed by atoms with Gasteiger partial charge in [-0.05, 0) is 37.3 Å². The van der Waals surface area contributed by atoms with Crippen LogP contribution >= 0.6 is 0 Å². The molecule has 21 heavy (non-hydrogen) atoms. The van der Waals surface area contributed by atoms with Gasteiger partial charge in [-0.15, -0.1) is 10.2 Å². The van der Waals surface area contributed by atoms with E-state index in [1.807, 2.05) is 0 Å². The fraction of sp³-hybridized carbons (Fsp3) is 0.357. The maximum Gasteiger partial charge on any atom is 0.286 e. The van der Waals surface area contributed by atoms with Crippen LogP contribution in [0, 0.1) is 6.92 Å². The Balaban J connectivity index is 2.33. The number of carbonyl (C=O) groups is 1. The standard InChI is InChI=1S/C14H16N4O3/c1-7-8-4-2-3-5-18-13(16-17-14(18)12(15)21)11(8)10(20)6-9(7)19/h6,19-20H,2-5H2,1H3,(H2,15,21). The Morgan fingerprint density at radius 2 is 2.05 bits per heavy atom. The number of hydrogen-bond donors (Lipinski definition) is 3. The molecule has 0 aliphatic carbocycles. The summed E-state index contributed by atoms with van der Waals surface area (Å²) in [7, 11) is 0. The van der Waals surface area contributed by atoms with Gasteiger partial charge in [-0.3, -0.25) is 4.79 Å². The van der Waals surface area contributed by atoms with Crippen molar-refractivity contribution in [2.24, 2.45) is 5.73 Å². The molecule has 1 aliphatic heterocycles. The van der Waals surface area contributed by atoms with Crippen LogP contribution in [-0.2, 0) is 13.0 Å². The minimum Gasteiger partial charge on any atom is -0.508 e. The fourth-order valence-corrected chi connectivity index (χ4v) is 2.82. The van der Waals surface area contributed by atoms with Crippen molar-refractivity contribution in [1.29, 1.82) is 0 Å². The van der Waals surface area contributed by atoms with E-state index < -0.39 is 5.91 Å². The lowest BCUT2D eigenvalue weighted by Gasteiger charge is -2.19. The summed E-state index contributed by atoms with van der Waals surface area (Å²) in [6, 6.07) is 1.29. The van der Waals surface area contributed by atoms with Crippen molar-refractivity contribution in [3.63, 3.8) is 0 Å². The van der Waals surface area contributed by atoms with Crippen LogP contribution in [-0.4, -0.2) is 30.9 Å². The number of rotatable bonds is 1. The number of primary amides is 1. The Kier molecular flexibility index (Phi) is 3.04.